The molecule has 1 aliphatic heterocycles. The van der Waals surface area contributed by atoms with Gasteiger partial charge in [0.15, 0.2) is 5.43 Å². The fraction of sp³-hybridized carbons (Fsp3) is 0.167. The van der Waals surface area contributed by atoms with E-state index in [1.807, 2.05) is 31.3 Å². The minimum Gasteiger partial charge on any atom is -0.372 e. The molecule has 2 aromatic carbocycles. The maximum Gasteiger partial charge on any atom is 0.190 e. The van der Waals surface area contributed by atoms with Crippen molar-refractivity contribution in [2.75, 3.05) is 0 Å². The molecule has 0 aliphatic carbocycles. The van der Waals surface area contributed by atoms with Gasteiger partial charge in [0.25, 0.3) is 0 Å². The van der Waals surface area contributed by atoms with Gasteiger partial charge >= 0.3 is 0 Å². The van der Waals surface area contributed by atoms with Crippen LogP contribution in [-0.4, -0.2) is 4.57 Å². The van der Waals surface area contributed by atoms with Gasteiger partial charge < -0.3 is 9.30 Å². The largest absolute Gasteiger partial charge is 0.372 e. The van der Waals surface area contributed by atoms with Crippen LogP contribution >= 0.6 is 0 Å². The van der Waals surface area contributed by atoms with Crippen LogP contribution in [0.5, 0.6) is 0 Å². The molecule has 0 amide bonds. The summed E-state index contributed by atoms with van der Waals surface area (Å²) in [5, 5.41) is 0.758. The van der Waals surface area contributed by atoms with E-state index in [0.717, 1.165) is 22.2 Å². The van der Waals surface area contributed by atoms with Crippen LogP contribution in [0.15, 0.2) is 53.3 Å². The number of nitrogens with zero attached hydrogens (tertiary/aromatic N) is 1. The van der Waals surface area contributed by atoms with Crippen molar-refractivity contribution in [3.05, 3.63) is 69.9 Å². The van der Waals surface area contributed by atoms with Crippen LogP contribution in [0.1, 0.15) is 11.1 Å². The molecular weight excluding hydrogens is 262 g/mol. The topological polar surface area (TPSA) is 31.2 Å². The first-order valence-corrected chi connectivity index (χ1v) is 7.03. The van der Waals surface area contributed by atoms with Gasteiger partial charge in [0.1, 0.15) is 0 Å². The first-order valence-electron chi connectivity index (χ1n) is 7.03. The maximum absolute atomic E-state index is 12.3. The number of rotatable bonds is 1. The van der Waals surface area contributed by atoms with Crippen molar-refractivity contribution in [3.63, 3.8) is 0 Å². The van der Waals surface area contributed by atoms with Crippen LogP contribution in [0.4, 0.5) is 0 Å². The second-order valence-electron chi connectivity index (χ2n) is 5.45. The van der Waals surface area contributed by atoms with Crippen LogP contribution in [0, 0.1) is 0 Å². The number of aromatic nitrogens is 1. The molecule has 0 N–H and O–H groups in total. The number of pyridine rings is 1. The second kappa shape index (κ2) is 4.57. The van der Waals surface area contributed by atoms with Crippen molar-refractivity contribution < 1.29 is 4.74 Å². The van der Waals surface area contributed by atoms with E-state index in [-0.39, 0.29) is 5.43 Å². The second-order valence-corrected chi connectivity index (χ2v) is 5.45. The summed E-state index contributed by atoms with van der Waals surface area (Å²) in [6.45, 7) is 1.34. The minimum atomic E-state index is 0.0652. The number of para-hydroxylation sites is 1. The molecule has 1 aliphatic rings. The van der Waals surface area contributed by atoms with Gasteiger partial charge in [-0.2, -0.15) is 0 Å². The Bertz CT molecular complexity index is 909. The van der Waals surface area contributed by atoms with E-state index in [1.54, 1.807) is 6.07 Å². The molecule has 0 atom stereocenters. The highest BCUT2D eigenvalue weighted by molar-refractivity contribution is 5.82. The first-order chi connectivity index (χ1) is 10.2. The van der Waals surface area contributed by atoms with Crippen molar-refractivity contribution in [1.82, 2.24) is 4.57 Å². The maximum atomic E-state index is 12.3. The molecule has 0 saturated carbocycles. The van der Waals surface area contributed by atoms with Gasteiger partial charge in [-0.1, -0.05) is 24.3 Å². The Kier molecular flexibility index (Phi) is 2.69. The molecular formula is C18H15NO2. The summed E-state index contributed by atoms with van der Waals surface area (Å²) >= 11 is 0. The van der Waals surface area contributed by atoms with E-state index in [1.165, 1.54) is 11.1 Å². The smallest absolute Gasteiger partial charge is 0.190 e. The van der Waals surface area contributed by atoms with Crippen molar-refractivity contribution in [3.8, 4) is 11.3 Å². The zero-order valence-corrected chi connectivity index (χ0v) is 11.8. The number of fused-ring (bicyclic) bond motifs is 2. The van der Waals surface area contributed by atoms with Gasteiger partial charge in [-0.15, -0.1) is 0 Å². The summed E-state index contributed by atoms with van der Waals surface area (Å²) < 4.78 is 7.54. The Balaban J connectivity index is 1.99. The lowest BCUT2D eigenvalue weighted by atomic mass is 10.0. The average Bonchev–Trinajstić information content (AvgIpc) is 2.98. The highest BCUT2D eigenvalue weighted by atomic mass is 16.5. The molecule has 0 radical (unpaired) electrons. The lowest BCUT2D eigenvalue weighted by Gasteiger charge is -2.13. The fourth-order valence-corrected chi connectivity index (χ4v) is 3.01. The lowest BCUT2D eigenvalue weighted by molar-refractivity contribution is 0.134. The molecule has 0 fully saturated rings. The number of benzene rings is 2. The van der Waals surface area contributed by atoms with Crippen LogP contribution in [0.25, 0.3) is 22.2 Å². The summed E-state index contributed by atoms with van der Waals surface area (Å²) in [4.78, 5) is 12.3. The third kappa shape index (κ3) is 1.89. The molecule has 104 valence electrons. The molecule has 1 aromatic heterocycles. The molecule has 0 spiro atoms. The third-order valence-electron chi connectivity index (χ3n) is 4.18. The molecule has 21 heavy (non-hydrogen) atoms. The highest BCUT2D eigenvalue weighted by Crippen LogP contribution is 2.27. The summed E-state index contributed by atoms with van der Waals surface area (Å²) in [5.74, 6) is 0. The van der Waals surface area contributed by atoms with Gasteiger partial charge in [-0.3, -0.25) is 4.79 Å². The Labute approximate surface area is 122 Å². The SMILES string of the molecule is Cn1c(-c2ccc3c(c2)COC3)cc(=O)c2ccccc21. The molecule has 0 unspecified atom stereocenters. The van der Waals surface area contributed by atoms with Crippen LogP contribution in [0.2, 0.25) is 0 Å². The van der Waals surface area contributed by atoms with Gasteiger partial charge in [0.2, 0.25) is 0 Å². The molecule has 3 nitrogen and oxygen atoms in total. The number of aryl methyl sites for hydroxylation is 1. The van der Waals surface area contributed by atoms with Gasteiger partial charge in [-0.05, 0) is 34.9 Å². The van der Waals surface area contributed by atoms with Crippen molar-refractivity contribution >= 4 is 10.9 Å². The standard InChI is InChI=1S/C18H15NO2/c1-19-16-5-3-2-4-15(16)18(20)9-17(19)12-6-7-13-10-21-11-14(13)8-12/h2-9H,10-11H2,1H3. The number of ether oxygens (including phenoxy) is 1. The summed E-state index contributed by atoms with van der Waals surface area (Å²) in [6.07, 6.45) is 0. The van der Waals surface area contributed by atoms with Crippen LogP contribution < -0.4 is 5.43 Å². The van der Waals surface area contributed by atoms with Crippen LogP contribution in [-0.2, 0) is 25.0 Å². The Morgan fingerprint density at radius 2 is 1.81 bits per heavy atom. The first kappa shape index (κ1) is 12.4. The molecule has 0 saturated heterocycles. The predicted octanol–water partition coefficient (Wildman–Crippen LogP) is 3.24. The van der Waals surface area contributed by atoms with E-state index >= 15 is 0 Å². The van der Waals surface area contributed by atoms with E-state index in [0.29, 0.717) is 13.2 Å². The van der Waals surface area contributed by atoms with E-state index in [2.05, 4.69) is 22.8 Å². The van der Waals surface area contributed by atoms with E-state index in [9.17, 15) is 4.79 Å². The molecule has 4 rings (SSSR count). The normalized spacial score (nSPS) is 13.6. The molecule has 3 heteroatoms. The quantitative estimate of drug-likeness (QED) is 0.684. The van der Waals surface area contributed by atoms with Crippen LogP contribution in [0.3, 0.4) is 0 Å². The Morgan fingerprint density at radius 3 is 2.71 bits per heavy atom. The average molecular weight is 277 g/mol. The van der Waals surface area contributed by atoms with Gasteiger partial charge in [-0.25, -0.2) is 0 Å². The molecule has 2 heterocycles. The van der Waals surface area contributed by atoms with E-state index < -0.39 is 0 Å². The summed E-state index contributed by atoms with van der Waals surface area (Å²) in [5.41, 5.74) is 5.47. The summed E-state index contributed by atoms with van der Waals surface area (Å²) in [7, 11) is 2.00. The fourth-order valence-electron chi connectivity index (χ4n) is 3.01. The number of hydrogen-bond donors (Lipinski definition) is 0. The zero-order chi connectivity index (χ0) is 14.4. The number of hydrogen-bond acceptors (Lipinski definition) is 2. The summed E-state index contributed by atoms with van der Waals surface area (Å²) in [6, 6.07) is 15.7. The zero-order valence-electron chi connectivity index (χ0n) is 11.8. The molecule has 0 bridgehead atoms. The third-order valence-corrected chi connectivity index (χ3v) is 4.18. The predicted molar refractivity (Wildman–Crippen MR) is 83.1 cm³/mol. The van der Waals surface area contributed by atoms with Gasteiger partial charge in [0.05, 0.1) is 24.4 Å². The van der Waals surface area contributed by atoms with E-state index in [4.69, 9.17) is 4.74 Å². The molecule has 3 aromatic rings. The Morgan fingerprint density at radius 1 is 1.00 bits per heavy atom. The van der Waals surface area contributed by atoms with Gasteiger partial charge in [0, 0.05) is 18.5 Å². The van der Waals surface area contributed by atoms with Crippen molar-refractivity contribution in [1.29, 1.82) is 0 Å². The minimum absolute atomic E-state index is 0.0652. The lowest BCUT2D eigenvalue weighted by Crippen LogP contribution is -2.09. The Hall–Kier alpha value is -2.39. The monoisotopic (exact) mass is 277 g/mol. The van der Waals surface area contributed by atoms with Crippen molar-refractivity contribution in [2.24, 2.45) is 7.05 Å². The van der Waals surface area contributed by atoms with Crippen molar-refractivity contribution in [2.45, 2.75) is 13.2 Å². The highest BCUT2D eigenvalue weighted by Gasteiger charge is 2.14.